The maximum atomic E-state index is 11.7. The number of thiophene rings is 1. The highest BCUT2D eigenvalue weighted by Crippen LogP contribution is 2.25. The van der Waals surface area contributed by atoms with Gasteiger partial charge in [-0.3, -0.25) is 19.7 Å². The molecule has 0 spiro atoms. The van der Waals surface area contributed by atoms with Crippen LogP contribution in [-0.2, 0) is 20.1 Å². The summed E-state index contributed by atoms with van der Waals surface area (Å²) >= 11 is 8.63. The number of carbonyl (C=O) groups is 2. The second-order valence-electron chi connectivity index (χ2n) is 4.71. The molecule has 0 aliphatic carbocycles. The highest BCUT2D eigenvalue weighted by molar-refractivity contribution is 7.99. The molecule has 1 N–H and O–H groups in total. The van der Waals surface area contributed by atoms with Gasteiger partial charge in [0.15, 0.2) is 6.61 Å². The minimum Gasteiger partial charge on any atom is -0.455 e. The van der Waals surface area contributed by atoms with Crippen LogP contribution in [0.2, 0.25) is 4.34 Å². The van der Waals surface area contributed by atoms with E-state index in [0.29, 0.717) is 15.8 Å². The summed E-state index contributed by atoms with van der Waals surface area (Å²) in [7, 11) is 0. The Morgan fingerprint density at radius 1 is 1.24 bits per heavy atom. The Morgan fingerprint density at radius 2 is 1.96 bits per heavy atom. The van der Waals surface area contributed by atoms with Crippen LogP contribution < -0.4 is 5.32 Å². The Bertz CT molecular complexity index is 764. The number of hydrogen-bond acceptors (Lipinski definition) is 7. The van der Waals surface area contributed by atoms with E-state index in [1.807, 2.05) is 6.07 Å². The third kappa shape index (κ3) is 6.73. The van der Waals surface area contributed by atoms with Gasteiger partial charge in [0.05, 0.1) is 15.0 Å². The van der Waals surface area contributed by atoms with Crippen molar-refractivity contribution >= 4 is 58.0 Å². The van der Waals surface area contributed by atoms with E-state index in [1.54, 1.807) is 6.07 Å². The van der Waals surface area contributed by atoms with E-state index in [4.69, 9.17) is 16.3 Å². The fourth-order valence-electron chi connectivity index (χ4n) is 1.72. The second-order valence-corrected chi connectivity index (χ2v) is 7.50. The summed E-state index contributed by atoms with van der Waals surface area (Å²) in [5, 5.41) is 13.0. The van der Waals surface area contributed by atoms with Crippen LogP contribution in [0.5, 0.6) is 0 Å². The molecule has 0 aliphatic heterocycles. The molecule has 25 heavy (non-hydrogen) atoms. The molecule has 10 heteroatoms. The fraction of sp³-hybridized carbons (Fsp3) is 0.200. The van der Waals surface area contributed by atoms with Gasteiger partial charge in [-0.15, -0.1) is 23.1 Å². The third-order valence-corrected chi connectivity index (χ3v) is 5.19. The van der Waals surface area contributed by atoms with Crippen molar-refractivity contribution in [3.05, 3.63) is 55.7 Å². The molecule has 0 aliphatic rings. The number of non-ortho nitro benzene ring substituents is 1. The molecule has 1 aromatic heterocycles. The van der Waals surface area contributed by atoms with Gasteiger partial charge in [-0.2, -0.15) is 0 Å². The predicted molar refractivity (Wildman–Crippen MR) is 98.2 cm³/mol. The van der Waals surface area contributed by atoms with Gasteiger partial charge >= 0.3 is 5.97 Å². The molecule has 0 saturated carbocycles. The number of carbonyl (C=O) groups excluding carboxylic acids is 2. The number of thioether (sulfide) groups is 1. The number of nitrogens with zero attached hydrogens (tertiary/aromatic N) is 1. The highest BCUT2D eigenvalue weighted by atomic mass is 35.5. The van der Waals surface area contributed by atoms with Crippen LogP contribution in [0.15, 0.2) is 36.4 Å². The molecule has 132 valence electrons. The van der Waals surface area contributed by atoms with Crippen molar-refractivity contribution in [2.75, 3.05) is 17.7 Å². The number of halogens is 1. The summed E-state index contributed by atoms with van der Waals surface area (Å²) in [6.07, 6.45) is 0. The van der Waals surface area contributed by atoms with Crippen LogP contribution in [0, 0.1) is 10.1 Å². The van der Waals surface area contributed by atoms with Gasteiger partial charge in [0.25, 0.3) is 11.6 Å². The van der Waals surface area contributed by atoms with E-state index >= 15 is 0 Å². The van der Waals surface area contributed by atoms with Crippen LogP contribution in [0.25, 0.3) is 0 Å². The monoisotopic (exact) mass is 400 g/mol. The van der Waals surface area contributed by atoms with Crippen molar-refractivity contribution in [1.29, 1.82) is 0 Å². The standard InChI is InChI=1S/C15H13ClN2O5S2/c16-13-6-5-12(25-13)8-24-9-15(20)23-7-14(19)17-10-1-3-11(4-2-10)18(21)22/h1-6H,7-9H2,(H,17,19). The predicted octanol–water partition coefficient (Wildman–Crippen LogP) is 3.72. The molecule has 7 nitrogen and oxygen atoms in total. The zero-order valence-electron chi connectivity index (χ0n) is 12.8. The van der Waals surface area contributed by atoms with Crippen molar-refractivity contribution in [2.45, 2.75) is 5.75 Å². The Labute approximate surface area is 156 Å². The molecule has 0 atom stereocenters. The first-order chi connectivity index (χ1) is 11.9. The molecule has 0 bridgehead atoms. The quantitative estimate of drug-likeness (QED) is 0.412. The Hall–Kier alpha value is -2.10. The molecule has 1 amide bonds. The van der Waals surface area contributed by atoms with Crippen molar-refractivity contribution in [2.24, 2.45) is 0 Å². The summed E-state index contributed by atoms with van der Waals surface area (Å²) in [4.78, 5) is 34.4. The van der Waals surface area contributed by atoms with Crippen LogP contribution in [0.3, 0.4) is 0 Å². The van der Waals surface area contributed by atoms with E-state index in [0.717, 1.165) is 4.88 Å². The lowest BCUT2D eigenvalue weighted by Crippen LogP contribution is -2.21. The Balaban J connectivity index is 1.66. The summed E-state index contributed by atoms with van der Waals surface area (Å²) in [5.74, 6) is -0.245. The van der Waals surface area contributed by atoms with Crippen molar-refractivity contribution in [3.8, 4) is 0 Å². The number of nitro groups is 1. The lowest BCUT2D eigenvalue weighted by Gasteiger charge is -2.06. The lowest BCUT2D eigenvalue weighted by molar-refractivity contribution is -0.384. The molecule has 0 fully saturated rings. The fourth-order valence-corrected chi connectivity index (χ4v) is 3.73. The van der Waals surface area contributed by atoms with Crippen LogP contribution in [0.4, 0.5) is 11.4 Å². The molecule has 1 heterocycles. The molecule has 0 unspecified atom stereocenters. The topological polar surface area (TPSA) is 98.5 Å². The van der Waals surface area contributed by atoms with Crippen molar-refractivity contribution in [3.63, 3.8) is 0 Å². The van der Waals surface area contributed by atoms with Gasteiger partial charge < -0.3 is 10.1 Å². The SMILES string of the molecule is O=C(COC(=O)CSCc1ccc(Cl)s1)Nc1ccc([N+](=O)[O-])cc1. The largest absolute Gasteiger partial charge is 0.455 e. The van der Waals surface area contributed by atoms with Crippen molar-refractivity contribution < 1.29 is 19.2 Å². The number of anilines is 1. The minimum atomic E-state index is -0.533. The van der Waals surface area contributed by atoms with Gasteiger partial charge in [-0.05, 0) is 24.3 Å². The van der Waals surface area contributed by atoms with E-state index in [9.17, 15) is 19.7 Å². The maximum absolute atomic E-state index is 11.7. The molecule has 0 radical (unpaired) electrons. The maximum Gasteiger partial charge on any atom is 0.316 e. The summed E-state index contributed by atoms with van der Waals surface area (Å²) < 4.78 is 5.57. The molecule has 2 rings (SSSR count). The zero-order valence-corrected chi connectivity index (χ0v) is 15.2. The molecule has 0 saturated heterocycles. The van der Waals surface area contributed by atoms with Gasteiger partial charge in [0, 0.05) is 28.5 Å². The van der Waals surface area contributed by atoms with Crippen LogP contribution in [-0.4, -0.2) is 29.2 Å². The number of rotatable bonds is 8. The number of hydrogen-bond donors (Lipinski definition) is 1. The van der Waals surface area contributed by atoms with Crippen LogP contribution in [0.1, 0.15) is 4.88 Å². The van der Waals surface area contributed by atoms with E-state index < -0.39 is 23.4 Å². The molecule has 2 aromatic rings. The Morgan fingerprint density at radius 3 is 2.56 bits per heavy atom. The van der Waals surface area contributed by atoms with Crippen LogP contribution >= 0.6 is 34.7 Å². The molecule has 1 aromatic carbocycles. The Kier molecular flexibility index (Phi) is 7.23. The second kappa shape index (κ2) is 9.40. The lowest BCUT2D eigenvalue weighted by atomic mass is 10.3. The summed E-state index contributed by atoms with van der Waals surface area (Å²) in [5.41, 5.74) is 0.309. The van der Waals surface area contributed by atoms with Gasteiger partial charge in [0.1, 0.15) is 0 Å². The minimum absolute atomic E-state index is 0.0755. The number of nitrogens with one attached hydrogen (secondary N) is 1. The average molecular weight is 401 g/mol. The van der Waals surface area contributed by atoms with Crippen molar-refractivity contribution in [1.82, 2.24) is 0 Å². The average Bonchev–Trinajstić information content (AvgIpc) is 2.99. The summed E-state index contributed by atoms with van der Waals surface area (Å²) in [6, 6.07) is 9.04. The normalized spacial score (nSPS) is 10.3. The van der Waals surface area contributed by atoms with E-state index in [-0.39, 0.29) is 11.4 Å². The third-order valence-electron chi connectivity index (χ3n) is 2.82. The molecular formula is C15H13ClN2O5S2. The number of nitro benzene ring substituents is 1. The summed E-state index contributed by atoms with van der Waals surface area (Å²) in [6.45, 7) is -0.415. The highest BCUT2D eigenvalue weighted by Gasteiger charge is 2.10. The first-order valence-electron chi connectivity index (χ1n) is 6.96. The zero-order chi connectivity index (χ0) is 18.2. The first-order valence-corrected chi connectivity index (χ1v) is 9.31. The van der Waals surface area contributed by atoms with E-state index in [1.165, 1.54) is 47.4 Å². The number of ether oxygens (including phenoxy) is 1. The number of benzene rings is 1. The van der Waals surface area contributed by atoms with Gasteiger partial charge in [-0.1, -0.05) is 11.6 Å². The smallest absolute Gasteiger partial charge is 0.316 e. The molecular weight excluding hydrogens is 388 g/mol. The number of esters is 1. The van der Waals surface area contributed by atoms with Gasteiger partial charge in [0.2, 0.25) is 0 Å². The van der Waals surface area contributed by atoms with E-state index in [2.05, 4.69) is 5.32 Å². The van der Waals surface area contributed by atoms with Gasteiger partial charge in [-0.25, -0.2) is 0 Å². The number of amides is 1. The first kappa shape index (κ1) is 19.2.